The Bertz CT molecular complexity index is 1220. The number of sulfonamides is 1. The van der Waals surface area contributed by atoms with E-state index in [1.165, 1.54) is 24.3 Å². The van der Waals surface area contributed by atoms with Crippen molar-refractivity contribution in [2.45, 2.75) is 11.3 Å². The van der Waals surface area contributed by atoms with Crippen molar-refractivity contribution >= 4 is 33.4 Å². The summed E-state index contributed by atoms with van der Waals surface area (Å²) in [6, 6.07) is 22.0. The first-order chi connectivity index (χ1) is 14.9. The van der Waals surface area contributed by atoms with E-state index in [9.17, 15) is 22.8 Å². The van der Waals surface area contributed by atoms with Crippen molar-refractivity contribution in [2.24, 2.45) is 0 Å². The lowest BCUT2D eigenvalue weighted by molar-refractivity contribution is -0.117. The number of carbonyl (C=O) groups is 3. The lowest BCUT2D eigenvalue weighted by Crippen LogP contribution is -2.40. The third kappa shape index (κ3) is 3.73. The summed E-state index contributed by atoms with van der Waals surface area (Å²) in [6.07, 6.45) is -0.341. The van der Waals surface area contributed by atoms with E-state index in [0.29, 0.717) is 0 Å². The Kier molecular flexibility index (Phi) is 5.39. The van der Waals surface area contributed by atoms with E-state index in [0.717, 1.165) is 9.21 Å². The van der Waals surface area contributed by atoms with Crippen molar-refractivity contribution in [3.63, 3.8) is 0 Å². The summed E-state index contributed by atoms with van der Waals surface area (Å²) in [6.45, 7) is -0.223. The van der Waals surface area contributed by atoms with Crippen LogP contribution in [0.25, 0.3) is 0 Å². The normalized spacial score (nSPS) is 13.2. The van der Waals surface area contributed by atoms with Gasteiger partial charge in [-0.1, -0.05) is 48.5 Å². The molecule has 0 N–H and O–H groups in total. The first-order valence-corrected chi connectivity index (χ1v) is 11.0. The number of hydrogen-bond acceptors (Lipinski definition) is 5. The van der Waals surface area contributed by atoms with Crippen LogP contribution in [-0.4, -0.2) is 37.6 Å². The van der Waals surface area contributed by atoms with Crippen LogP contribution in [0.1, 0.15) is 27.1 Å². The van der Waals surface area contributed by atoms with E-state index in [4.69, 9.17) is 0 Å². The molecule has 3 amide bonds. The zero-order chi connectivity index (χ0) is 22.0. The van der Waals surface area contributed by atoms with Crippen LogP contribution in [0.3, 0.4) is 0 Å². The molecule has 156 valence electrons. The van der Waals surface area contributed by atoms with E-state index in [1.807, 2.05) is 0 Å². The van der Waals surface area contributed by atoms with E-state index >= 15 is 0 Å². The molecule has 1 aliphatic heterocycles. The molecule has 7 nitrogen and oxygen atoms in total. The molecule has 0 fully saturated rings. The molecule has 0 spiro atoms. The van der Waals surface area contributed by atoms with Crippen molar-refractivity contribution in [1.82, 2.24) is 4.90 Å². The van der Waals surface area contributed by atoms with Gasteiger partial charge < -0.3 is 0 Å². The van der Waals surface area contributed by atoms with Gasteiger partial charge in [0.05, 0.1) is 21.7 Å². The molecule has 3 aromatic carbocycles. The average molecular weight is 434 g/mol. The molecule has 4 rings (SSSR count). The second-order valence-corrected chi connectivity index (χ2v) is 8.66. The Hall–Kier alpha value is -3.78. The maximum Gasteiger partial charge on any atom is 0.270 e. The van der Waals surface area contributed by atoms with Crippen molar-refractivity contribution < 1.29 is 22.8 Å². The molecule has 8 heteroatoms. The molecule has 1 aliphatic rings. The molecule has 0 saturated heterocycles. The minimum atomic E-state index is -4.18. The summed E-state index contributed by atoms with van der Waals surface area (Å²) in [7, 11) is -4.18. The van der Waals surface area contributed by atoms with Crippen molar-refractivity contribution in [2.75, 3.05) is 10.8 Å². The maximum atomic E-state index is 13.2. The van der Waals surface area contributed by atoms with Gasteiger partial charge in [-0.2, -0.15) is 0 Å². The van der Waals surface area contributed by atoms with Gasteiger partial charge in [0.1, 0.15) is 0 Å². The number of anilines is 1. The summed E-state index contributed by atoms with van der Waals surface area (Å²) < 4.78 is 27.2. The smallest absolute Gasteiger partial charge is 0.270 e. The van der Waals surface area contributed by atoms with Gasteiger partial charge in [-0.05, 0) is 36.4 Å². The molecule has 0 atom stereocenters. The van der Waals surface area contributed by atoms with Crippen LogP contribution in [0.2, 0.25) is 0 Å². The van der Waals surface area contributed by atoms with Crippen molar-refractivity contribution in [3.8, 4) is 0 Å². The topological polar surface area (TPSA) is 91.8 Å². The van der Waals surface area contributed by atoms with Crippen LogP contribution >= 0.6 is 0 Å². The summed E-state index contributed by atoms with van der Waals surface area (Å²) in [4.78, 5) is 39.1. The number of carbonyl (C=O) groups excluding carboxylic acids is 3. The van der Waals surface area contributed by atoms with Crippen molar-refractivity contribution in [3.05, 3.63) is 96.1 Å². The highest BCUT2D eigenvalue weighted by atomic mass is 32.2. The summed E-state index contributed by atoms with van der Waals surface area (Å²) >= 11 is 0. The molecule has 0 aliphatic carbocycles. The number of para-hydroxylation sites is 1. The van der Waals surface area contributed by atoms with E-state index in [1.54, 1.807) is 60.7 Å². The fraction of sp³-hybridized carbons (Fsp3) is 0.0870. The van der Waals surface area contributed by atoms with Crippen LogP contribution in [0.5, 0.6) is 0 Å². The predicted molar refractivity (Wildman–Crippen MR) is 114 cm³/mol. The molecule has 0 unspecified atom stereocenters. The zero-order valence-corrected chi connectivity index (χ0v) is 17.2. The third-order valence-electron chi connectivity index (χ3n) is 4.93. The van der Waals surface area contributed by atoms with Gasteiger partial charge in [0, 0.05) is 13.0 Å². The Labute approximate surface area is 179 Å². The molecule has 0 saturated carbocycles. The van der Waals surface area contributed by atoms with Gasteiger partial charge in [-0.25, -0.2) is 12.7 Å². The van der Waals surface area contributed by atoms with Crippen LogP contribution < -0.4 is 4.31 Å². The van der Waals surface area contributed by atoms with Crippen LogP contribution in [0, 0.1) is 0 Å². The van der Waals surface area contributed by atoms with Crippen molar-refractivity contribution in [1.29, 1.82) is 0 Å². The van der Waals surface area contributed by atoms with Gasteiger partial charge in [0.15, 0.2) is 0 Å². The Morgan fingerprint density at radius 3 is 1.77 bits per heavy atom. The maximum absolute atomic E-state index is 13.2. The molecule has 1 heterocycles. The second kappa shape index (κ2) is 8.16. The van der Waals surface area contributed by atoms with E-state index in [2.05, 4.69) is 0 Å². The number of rotatable bonds is 6. The Morgan fingerprint density at radius 1 is 0.742 bits per heavy atom. The Balaban J connectivity index is 1.61. The Morgan fingerprint density at radius 2 is 1.23 bits per heavy atom. The first kappa shape index (κ1) is 20.5. The average Bonchev–Trinajstić information content (AvgIpc) is 3.03. The highest BCUT2D eigenvalue weighted by Gasteiger charge is 2.37. The number of amides is 3. The fourth-order valence-corrected chi connectivity index (χ4v) is 4.90. The van der Waals surface area contributed by atoms with Gasteiger partial charge in [-0.3, -0.25) is 19.3 Å². The fourth-order valence-electron chi connectivity index (χ4n) is 3.43. The van der Waals surface area contributed by atoms with E-state index in [-0.39, 0.29) is 34.7 Å². The molecule has 0 radical (unpaired) electrons. The molecule has 0 aromatic heterocycles. The largest absolute Gasteiger partial charge is 0.274 e. The molecule has 3 aromatic rings. The number of benzene rings is 3. The lowest BCUT2D eigenvalue weighted by Gasteiger charge is -2.23. The molecular weight excluding hydrogens is 416 g/mol. The van der Waals surface area contributed by atoms with E-state index < -0.39 is 27.7 Å². The van der Waals surface area contributed by atoms with Crippen LogP contribution in [0.15, 0.2) is 89.8 Å². The predicted octanol–water partition coefficient (Wildman–Crippen LogP) is 3.09. The second-order valence-electron chi connectivity index (χ2n) is 6.87. The highest BCUT2D eigenvalue weighted by molar-refractivity contribution is 7.93. The SMILES string of the molecule is O=C1c2ccccc2C(=O)N1CCC(=O)N(c1ccccc1)S(=O)(=O)c1ccccc1. The highest BCUT2D eigenvalue weighted by Crippen LogP contribution is 2.26. The number of hydrogen-bond donors (Lipinski definition) is 0. The van der Waals surface area contributed by atoms with Gasteiger partial charge in [0.25, 0.3) is 21.8 Å². The van der Waals surface area contributed by atoms with Gasteiger partial charge in [0.2, 0.25) is 5.91 Å². The quantitative estimate of drug-likeness (QED) is 0.556. The molecular formula is C23H18N2O5S. The van der Waals surface area contributed by atoms with Gasteiger partial charge >= 0.3 is 0 Å². The zero-order valence-electron chi connectivity index (χ0n) is 16.3. The molecule has 0 bridgehead atoms. The first-order valence-electron chi connectivity index (χ1n) is 9.55. The lowest BCUT2D eigenvalue weighted by atomic mass is 10.1. The molecule has 31 heavy (non-hydrogen) atoms. The summed E-state index contributed by atoms with van der Waals surface area (Å²) in [5.74, 6) is -1.73. The monoisotopic (exact) mass is 434 g/mol. The number of fused-ring (bicyclic) bond motifs is 1. The summed E-state index contributed by atoms with van der Waals surface area (Å²) in [5, 5.41) is 0. The summed E-state index contributed by atoms with van der Waals surface area (Å²) in [5.41, 5.74) is 0.729. The minimum absolute atomic E-state index is 0.0343. The minimum Gasteiger partial charge on any atom is -0.274 e. The number of nitrogens with zero attached hydrogens (tertiary/aromatic N) is 2. The van der Waals surface area contributed by atoms with Gasteiger partial charge in [-0.15, -0.1) is 0 Å². The number of imide groups is 1. The van der Waals surface area contributed by atoms with Crippen LogP contribution in [0.4, 0.5) is 5.69 Å². The standard InChI is InChI=1S/C23H18N2O5S/c26-21(15-16-24-22(27)19-13-7-8-14-20(19)23(24)28)25(17-9-3-1-4-10-17)31(29,30)18-11-5-2-6-12-18/h1-14H,15-16H2. The third-order valence-corrected chi connectivity index (χ3v) is 6.69. The van der Waals surface area contributed by atoms with Crippen LogP contribution in [-0.2, 0) is 14.8 Å².